The van der Waals surface area contributed by atoms with E-state index in [1.807, 2.05) is 6.92 Å². The van der Waals surface area contributed by atoms with Crippen LogP contribution in [0.2, 0.25) is 0 Å². The Morgan fingerprint density at radius 1 is 1.48 bits per heavy atom. The molecule has 0 radical (unpaired) electrons. The van der Waals surface area contributed by atoms with Gasteiger partial charge in [0.2, 0.25) is 0 Å². The van der Waals surface area contributed by atoms with Crippen LogP contribution in [0.1, 0.15) is 27.2 Å². The maximum atomic E-state index is 11.6. The van der Waals surface area contributed by atoms with Crippen LogP contribution in [0.5, 0.6) is 5.75 Å². The first-order chi connectivity index (χ1) is 10.1. The molecule has 2 rings (SSSR count). The second kappa shape index (κ2) is 6.94. The maximum Gasteiger partial charge on any atom is 0.349 e. The Labute approximate surface area is 125 Å². The SMILES string of the molecule is CCc1cc(OCC(=O)NCc2ccco2)c(C(=O)O)s1. The lowest BCUT2D eigenvalue weighted by Crippen LogP contribution is -2.28. The minimum absolute atomic E-state index is 0.116. The molecule has 21 heavy (non-hydrogen) atoms. The van der Waals surface area contributed by atoms with Gasteiger partial charge in [0.1, 0.15) is 11.5 Å². The molecule has 2 N–H and O–H groups in total. The second-order valence-corrected chi connectivity index (χ2v) is 5.35. The average Bonchev–Trinajstić information content (AvgIpc) is 3.11. The van der Waals surface area contributed by atoms with E-state index in [0.717, 1.165) is 22.6 Å². The summed E-state index contributed by atoms with van der Waals surface area (Å²) in [5.41, 5.74) is 0. The Kier molecular flexibility index (Phi) is 4.99. The molecule has 0 aliphatic heterocycles. The second-order valence-electron chi connectivity index (χ2n) is 4.21. The van der Waals surface area contributed by atoms with Gasteiger partial charge in [-0.15, -0.1) is 11.3 Å². The topological polar surface area (TPSA) is 88.8 Å². The largest absolute Gasteiger partial charge is 0.482 e. The summed E-state index contributed by atoms with van der Waals surface area (Å²) in [6.07, 6.45) is 2.24. The molecule has 0 aromatic carbocycles. The maximum absolute atomic E-state index is 11.6. The fourth-order valence-corrected chi connectivity index (χ4v) is 2.52. The molecule has 0 saturated carbocycles. The van der Waals surface area contributed by atoms with Crippen LogP contribution < -0.4 is 10.1 Å². The third kappa shape index (κ3) is 4.09. The first-order valence-corrected chi connectivity index (χ1v) is 7.19. The zero-order valence-electron chi connectivity index (χ0n) is 11.4. The molecule has 0 spiro atoms. The fourth-order valence-electron chi connectivity index (χ4n) is 1.65. The first kappa shape index (κ1) is 15.1. The van der Waals surface area contributed by atoms with E-state index >= 15 is 0 Å². The molecular formula is C14H15NO5S. The van der Waals surface area contributed by atoms with Crippen LogP contribution in [0.25, 0.3) is 0 Å². The number of furan rings is 1. The summed E-state index contributed by atoms with van der Waals surface area (Å²) in [6, 6.07) is 5.14. The van der Waals surface area contributed by atoms with Gasteiger partial charge in [0, 0.05) is 4.88 Å². The highest BCUT2D eigenvalue weighted by atomic mass is 32.1. The van der Waals surface area contributed by atoms with Crippen molar-refractivity contribution in [2.45, 2.75) is 19.9 Å². The van der Waals surface area contributed by atoms with Crippen molar-refractivity contribution in [2.75, 3.05) is 6.61 Å². The lowest BCUT2D eigenvalue weighted by Gasteiger charge is -2.05. The lowest BCUT2D eigenvalue weighted by atomic mass is 10.3. The number of amides is 1. The van der Waals surface area contributed by atoms with Gasteiger partial charge in [-0.3, -0.25) is 4.79 Å². The van der Waals surface area contributed by atoms with E-state index in [1.54, 1.807) is 18.2 Å². The van der Waals surface area contributed by atoms with Gasteiger partial charge in [0.25, 0.3) is 5.91 Å². The summed E-state index contributed by atoms with van der Waals surface area (Å²) < 4.78 is 10.4. The fraction of sp³-hybridized carbons (Fsp3) is 0.286. The van der Waals surface area contributed by atoms with E-state index < -0.39 is 5.97 Å². The van der Waals surface area contributed by atoms with Crippen molar-refractivity contribution in [2.24, 2.45) is 0 Å². The Morgan fingerprint density at radius 3 is 2.90 bits per heavy atom. The molecule has 2 aromatic rings. The van der Waals surface area contributed by atoms with Crippen LogP contribution in [0.4, 0.5) is 0 Å². The van der Waals surface area contributed by atoms with Crippen molar-refractivity contribution in [1.82, 2.24) is 5.32 Å². The molecule has 7 heteroatoms. The lowest BCUT2D eigenvalue weighted by molar-refractivity contribution is -0.123. The predicted octanol–water partition coefficient (Wildman–Crippen LogP) is 2.30. The molecule has 0 aliphatic rings. The Morgan fingerprint density at radius 2 is 2.29 bits per heavy atom. The predicted molar refractivity (Wildman–Crippen MR) is 76.7 cm³/mol. The molecule has 2 heterocycles. The monoisotopic (exact) mass is 309 g/mol. The number of hydrogen-bond donors (Lipinski definition) is 2. The summed E-state index contributed by atoms with van der Waals surface area (Å²) in [6.45, 7) is 1.96. The van der Waals surface area contributed by atoms with Crippen LogP contribution >= 0.6 is 11.3 Å². The van der Waals surface area contributed by atoms with Gasteiger partial charge in [0.05, 0.1) is 12.8 Å². The molecule has 0 unspecified atom stereocenters. The number of ether oxygens (including phenoxy) is 1. The molecular weight excluding hydrogens is 294 g/mol. The zero-order chi connectivity index (χ0) is 15.2. The van der Waals surface area contributed by atoms with Crippen molar-refractivity contribution < 1.29 is 23.8 Å². The highest BCUT2D eigenvalue weighted by molar-refractivity contribution is 7.14. The number of aromatic carboxylic acids is 1. The number of thiophene rings is 1. The van der Waals surface area contributed by atoms with Crippen LogP contribution in [0.15, 0.2) is 28.9 Å². The smallest absolute Gasteiger partial charge is 0.349 e. The minimum atomic E-state index is -1.05. The third-order valence-electron chi connectivity index (χ3n) is 2.69. The molecule has 0 aliphatic carbocycles. The molecule has 0 bridgehead atoms. The zero-order valence-corrected chi connectivity index (χ0v) is 12.2. The molecule has 1 amide bonds. The number of rotatable bonds is 7. The Bertz CT molecular complexity index is 617. The number of carboxylic acid groups (broad SMARTS) is 1. The highest BCUT2D eigenvalue weighted by Crippen LogP contribution is 2.29. The standard InChI is InChI=1S/C14H15NO5S/c1-2-10-6-11(13(21-10)14(17)18)20-8-12(16)15-7-9-4-3-5-19-9/h3-6H,2,7-8H2,1H3,(H,15,16)(H,17,18). The van der Waals surface area contributed by atoms with Crippen LogP contribution in [0, 0.1) is 0 Å². The number of carboxylic acids is 1. The summed E-state index contributed by atoms with van der Waals surface area (Å²) in [7, 11) is 0. The van der Waals surface area contributed by atoms with Crippen molar-refractivity contribution >= 4 is 23.2 Å². The van der Waals surface area contributed by atoms with Crippen molar-refractivity contribution in [3.63, 3.8) is 0 Å². The van der Waals surface area contributed by atoms with Crippen molar-refractivity contribution in [3.8, 4) is 5.75 Å². The van der Waals surface area contributed by atoms with Gasteiger partial charge in [-0.05, 0) is 24.6 Å². The summed E-state index contributed by atoms with van der Waals surface area (Å²) >= 11 is 1.16. The van der Waals surface area contributed by atoms with E-state index in [0.29, 0.717) is 5.76 Å². The van der Waals surface area contributed by atoms with Gasteiger partial charge in [-0.25, -0.2) is 4.79 Å². The quantitative estimate of drug-likeness (QED) is 0.819. The van der Waals surface area contributed by atoms with E-state index in [9.17, 15) is 9.59 Å². The average molecular weight is 309 g/mol. The van der Waals surface area contributed by atoms with Crippen LogP contribution in [-0.4, -0.2) is 23.6 Å². The van der Waals surface area contributed by atoms with Crippen LogP contribution in [0.3, 0.4) is 0 Å². The van der Waals surface area contributed by atoms with Gasteiger partial charge >= 0.3 is 5.97 Å². The summed E-state index contributed by atoms with van der Waals surface area (Å²) in [5, 5.41) is 11.7. The minimum Gasteiger partial charge on any atom is -0.482 e. The van der Waals surface area contributed by atoms with E-state index in [1.165, 1.54) is 6.26 Å². The number of carbonyl (C=O) groups is 2. The number of hydrogen-bond acceptors (Lipinski definition) is 5. The van der Waals surface area contributed by atoms with E-state index in [2.05, 4.69) is 5.32 Å². The molecule has 112 valence electrons. The van der Waals surface area contributed by atoms with Gasteiger partial charge in [-0.1, -0.05) is 6.92 Å². The Hall–Kier alpha value is -2.28. The molecule has 6 nitrogen and oxygen atoms in total. The van der Waals surface area contributed by atoms with E-state index in [-0.39, 0.29) is 29.7 Å². The number of carbonyl (C=O) groups excluding carboxylic acids is 1. The molecule has 0 fully saturated rings. The van der Waals surface area contributed by atoms with Gasteiger partial charge in [-0.2, -0.15) is 0 Å². The van der Waals surface area contributed by atoms with Gasteiger partial charge < -0.3 is 19.6 Å². The van der Waals surface area contributed by atoms with E-state index in [4.69, 9.17) is 14.3 Å². The molecule has 0 saturated heterocycles. The van der Waals surface area contributed by atoms with Gasteiger partial charge in [0.15, 0.2) is 11.5 Å². The third-order valence-corrected chi connectivity index (χ3v) is 3.94. The normalized spacial score (nSPS) is 10.3. The molecule has 2 aromatic heterocycles. The number of nitrogens with one attached hydrogen (secondary N) is 1. The van der Waals surface area contributed by atoms with Crippen molar-refractivity contribution in [3.05, 3.63) is 40.0 Å². The summed E-state index contributed by atoms with van der Waals surface area (Å²) in [4.78, 5) is 23.8. The Balaban J connectivity index is 1.88. The first-order valence-electron chi connectivity index (χ1n) is 6.38. The van der Waals surface area contributed by atoms with Crippen molar-refractivity contribution in [1.29, 1.82) is 0 Å². The molecule has 0 atom stereocenters. The highest BCUT2D eigenvalue weighted by Gasteiger charge is 2.17. The van der Waals surface area contributed by atoms with Crippen LogP contribution in [-0.2, 0) is 17.8 Å². The number of aryl methyl sites for hydroxylation is 1. The summed E-state index contributed by atoms with van der Waals surface area (Å²) in [5.74, 6) is -0.520.